The minimum Gasteiger partial charge on any atom is -0.166 e. The van der Waals surface area contributed by atoms with Crippen molar-refractivity contribution in [3.05, 3.63) is 29.8 Å². The second-order valence-corrected chi connectivity index (χ2v) is 3.02. The van der Waals surface area contributed by atoms with Crippen molar-refractivity contribution in [2.24, 2.45) is 0 Å². The van der Waals surface area contributed by atoms with E-state index in [9.17, 15) is 13.2 Å². The predicted molar refractivity (Wildman–Crippen MR) is 42.1 cm³/mol. The molecular formula is C8H6F3S. The summed E-state index contributed by atoms with van der Waals surface area (Å²) in [5, 5.41) is 0. The first-order valence-corrected chi connectivity index (χ1v) is 4.39. The van der Waals surface area contributed by atoms with Gasteiger partial charge in [-0.15, -0.1) is 11.8 Å². The van der Waals surface area contributed by atoms with Gasteiger partial charge in [-0.2, -0.15) is 13.2 Å². The first-order valence-electron chi connectivity index (χ1n) is 3.17. The highest BCUT2D eigenvalue weighted by molar-refractivity contribution is 7.98. The van der Waals surface area contributed by atoms with Gasteiger partial charge in [0, 0.05) is 4.90 Å². The molecule has 0 bridgehead atoms. The number of hydrogen-bond donors (Lipinski definition) is 0. The van der Waals surface area contributed by atoms with Crippen LogP contribution in [0.3, 0.4) is 0 Å². The van der Waals surface area contributed by atoms with Crippen LogP contribution in [0.4, 0.5) is 13.2 Å². The van der Waals surface area contributed by atoms with Crippen molar-refractivity contribution in [2.45, 2.75) is 11.1 Å². The van der Waals surface area contributed by atoms with Crippen molar-refractivity contribution in [3.63, 3.8) is 0 Å². The summed E-state index contributed by atoms with van der Waals surface area (Å²) in [5.74, 6) is 0. The van der Waals surface area contributed by atoms with E-state index in [4.69, 9.17) is 0 Å². The highest BCUT2D eigenvalue weighted by atomic mass is 32.2. The highest BCUT2D eigenvalue weighted by Gasteiger charge is 2.30. The lowest BCUT2D eigenvalue weighted by atomic mass is 10.2. The molecule has 1 rings (SSSR count). The smallest absolute Gasteiger partial charge is 0.166 e. The largest absolute Gasteiger partial charge is 0.417 e. The van der Waals surface area contributed by atoms with Crippen molar-refractivity contribution < 1.29 is 13.2 Å². The molecule has 0 fully saturated rings. The van der Waals surface area contributed by atoms with Gasteiger partial charge in [-0.05, 0) is 30.5 Å². The Labute approximate surface area is 72.8 Å². The maximum atomic E-state index is 12.0. The van der Waals surface area contributed by atoms with Crippen LogP contribution in [0.15, 0.2) is 23.1 Å². The summed E-state index contributed by atoms with van der Waals surface area (Å²) >= 11 is 1.39. The number of thioether (sulfide) groups is 1. The molecular weight excluding hydrogens is 185 g/mol. The summed E-state index contributed by atoms with van der Waals surface area (Å²) in [6.45, 7) is 0. The molecule has 1 aromatic rings. The summed E-state index contributed by atoms with van der Waals surface area (Å²) < 4.78 is 36.0. The third kappa shape index (κ3) is 2.17. The third-order valence-electron chi connectivity index (χ3n) is 1.33. The highest BCUT2D eigenvalue weighted by Crippen LogP contribution is 2.29. The summed E-state index contributed by atoms with van der Waals surface area (Å²) in [5.41, 5.74) is -0.722. The Balaban J connectivity index is 2.93. The van der Waals surface area contributed by atoms with Gasteiger partial charge in [-0.1, -0.05) is 0 Å². The van der Waals surface area contributed by atoms with Gasteiger partial charge in [0.25, 0.3) is 0 Å². The molecule has 1 aromatic carbocycles. The second-order valence-electron chi connectivity index (χ2n) is 2.14. The Morgan fingerprint density at radius 1 is 1.33 bits per heavy atom. The van der Waals surface area contributed by atoms with Crippen LogP contribution in [0, 0.1) is 6.07 Å². The lowest BCUT2D eigenvalue weighted by molar-refractivity contribution is -0.137. The minimum absolute atomic E-state index is 0.722. The lowest BCUT2D eigenvalue weighted by Gasteiger charge is -2.05. The number of hydrogen-bond acceptors (Lipinski definition) is 1. The summed E-state index contributed by atoms with van der Waals surface area (Å²) in [6.07, 6.45) is -2.48. The molecule has 0 spiro atoms. The van der Waals surface area contributed by atoms with E-state index in [0.29, 0.717) is 0 Å². The van der Waals surface area contributed by atoms with Crippen molar-refractivity contribution >= 4 is 11.8 Å². The van der Waals surface area contributed by atoms with E-state index in [1.165, 1.54) is 23.9 Å². The molecule has 0 aliphatic rings. The van der Waals surface area contributed by atoms with Crippen LogP contribution in [0.1, 0.15) is 5.56 Å². The number of halogens is 3. The molecule has 1 radical (unpaired) electrons. The maximum absolute atomic E-state index is 12.0. The molecule has 0 saturated carbocycles. The van der Waals surface area contributed by atoms with Crippen LogP contribution < -0.4 is 0 Å². The third-order valence-corrected chi connectivity index (χ3v) is 2.05. The quantitative estimate of drug-likeness (QED) is 0.614. The first-order chi connectivity index (χ1) is 5.54. The van der Waals surface area contributed by atoms with Crippen molar-refractivity contribution in [1.29, 1.82) is 0 Å². The zero-order valence-electron chi connectivity index (χ0n) is 6.27. The van der Waals surface area contributed by atoms with Gasteiger partial charge in [-0.25, -0.2) is 0 Å². The maximum Gasteiger partial charge on any atom is 0.417 e. The average molecular weight is 191 g/mol. The molecule has 0 amide bonds. The molecule has 0 aliphatic heterocycles. The van der Waals surface area contributed by atoms with Crippen LogP contribution in [-0.4, -0.2) is 6.26 Å². The van der Waals surface area contributed by atoms with Gasteiger partial charge in [0.2, 0.25) is 0 Å². The van der Waals surface area contributed by atoms with E-state index in [-0.39, 0.29) is 0 Å². The SMILES string of the molecule is CSc1c[c]c(C(F)(F)F)cc1. The number of rotatable bonds is 1. The van der Waals surface area contributed by atoms with E-state index in [2.05, 4.69) is 6.07 Å². The van der Waals surface area contributed by atoms with E-state index in [1.807, 2.05) is 0 Å². The monoisotopic (exact) mass is 191 g/mol. The van der Waals surface area contributed by atoms with Crippen molar-refractivity contribution in [2.75, 3.05) is 6.26 Å². The van der Waals surface area contributed by atoms with Gasteiger partial charge >= 0.3 is 6.18 Å². The molecule has 0 unspecified atom stereocenters. The first kappa shape index (κ1) is 9.45. The molecule has 0 heterocycles. The zero-order chi connectivity index (χ0) is 9.19. The van der Waals surface area contributed by atoms with E-state index >= 15 is 0 Å². The van der Waals surface area contributed by atoms with Crippen LogP contribution in [0.5, 0.6) is 0 Å². The van der Waals surface area contributed by atoms with E-state index in [1.54, 1.807) is 6.26 Å². The summed E-state index contributed by atoms with van der Waals surface area (Å²) in [4.78, 5) is 0.781. The fourth-order valence-corrected chi connectivity index (χ4v) is 1.09. The normalized spacial score (nSPS) is 11.7. The van der Waals surface area contributed by atoms with Gasteiger partial charge in [0.05, 0.1) is 5.56 Å². The van der Waals surface area contributed by atoms with Gasteiger partial charge in [0.1, 0.15) is 0 Å². The molecule has 0 aliphatic carbocycles. The van der Waals surface area contributed by atoms with Crippen LogP contribution in [0.2, 0.25) is 0 Å². The minimum atomic E-state index is -4.28. The second kappa shape index (κ2) is 3.39. The number of benzene rings is 1. The fourth-order valence-electron chi connectivity index (χ4n) is 0.714. The van der Waals surface area contributed by atoms with Gasteiger partial charge in [-0.3, -0.25) is 0 Å². The Bertz CT molecular complexity index is 250. The van der Waals surface area contributed by atoms with Gasteiger partial charge < -0.3 is 0 Å². The molecule has 4 heteroatoms. The van der Waals surface area contributed by atoms with Crippen molar-refractivity contribution in [1.82, 2.24) is 0 Å². The summed E-state index contributed by atoms with van der Waals surface area (Å²) in [6, 6.07) is 5.99. The molecule has 65 valence electrons. The molecule has 0 saturated heterocycles. The van der Waals surface area contributed by atoms with Crippen LogP contribution in [0.25, 0.3) is 0 Å². The van der Waals surface area contributed by atoms with Crippen LogP contribution >= 0.6 is 11.8 Å². The predicted octanol–water partition coefficient (Wildman–Crippen LogP) is 3.23. The topological polar surface area (TPSA) is 0 Å². The van der Waals surface area contributed by atoms with E-state index < -0.39 is 11.7 Å². The Morgan fingerprint density at radius 3 is 2.33 bits per heavy atom. The lowest BCUT2D eigenvalue weighted by Crippen LogP contribution is -2.04. The zero-order valence-corrected chi connectivity index (χ0v) is 7.09. The molecule has 0 nitrogen and oxygen atoms in total. The summed E-state index contributed by atoms with van der Waals surface area (Å²) in [7, 11) is 0. The number of alkyl halides is 3. The van der Waals surface area contributed by atoms with E-state index in [0.717, 1.165) is 11.0 Å². The molecule has 0 aromatic heterocycles. The fraction of sp³-hybridized carbons (Fsp3) is 0.250. The molecule has 0 N–H and O–H groups in total. The molecule has 0 atom stereocenters. The molecule has 12 heavy (non-hydrogen) atoms. The Morgan fingerprint density at radius 2 is 2.00 bits per heavy atom. The standard InChI is InChI=1S/C8H6F3S/c1-12-7-4-2-6(3-5-7)8(9,10)11/h2,4-5H,1H3. The Hall–Kier alpha value is -0.640. The average Bonchev–Trinajstić information content (AvgIpc) is 2.03. The van der Waals surface area contributed by atoms with Crippen LogP contribution in [-0.2, 0) is 6.18 Å². The van der Waals surface area contributed by atoms with Crippen molar-refractivity contribution in [3.8, 4) is 0 Å². The Kier molecular flexibility index (Phi) is 2.67. The van der Waals surface area contributed by atoms with Gasteiger partial charge in [0.15, 0.2) is 0 Å².